The van der Waals surface area contributed by atoms with Crippen LogP contribution in [0.4, 0.5) is 0 Å². The first-order valence-electron chi connectivity index (χ1n) is 6.74. The van der Waals surface area contributed by atoms with Crippen molar-refractivity contribution in [2.45, 2.75) is 24.3 Å². The third-order valence-electron chi connectivity index (χ3n) is 3.66. The fraction of sp³-hybridized carbons (Fsp3) is 0.294. The highest BCUT2D eigenvalue weighted by Gasteiger charge is 2.18. The van der Waals surface area contributed by atoms with E-state index in [1.807, 2.05) is 0 Å². The molecule has 1 unspecified atom stereocenters. The molecule has 3 rings (SSSR count). The van der Waals surface area contributed by atoms with E-state index in [0.717, 1.165) is 18.4 Å². The summed E-state index contributed by atoms with van der Waals surface area (Å²) in [6, 6.07) is 17.3. The summed E-state index contributed by atoms with van der Waals surface area (Å²) in [4.78, 5) is 0. The number of benzene rings is 2. The highest BCUT2D eigenvalue weighted by molar-refractivity contribution is 9.08. The summed E-state index contributed by atoms with van der Waals surface area (Å²) in [6.07, 6.45) is 2.61. The molecule has 0 aromatic heterocycles. The first kappa shape index (κ1) is 12.9. The first-order chi connectivity index (χ1) is 9.38. The highest BCUT2D eigenvalue weighted by atomic mass is 79.9. The van der Waals surface area contributed by atoms with E-state index in [2.05, 4.69) is 64.5 Å². The minimum absolute atomic E-state index is 0.294. The maximum Gasteiger partial charge on any atom is 0.0825 e. The van der Waals surface area contributed by atoms with Crippen LogP contribution in [0.15, 0.2) is 48.5 Å². The lowest BCUT2D eigenvalue weighted by atomic mass is 9.96. The first-order valence-corrected chi connectivity index (χ1v) is 7.86. The topological polar surface area (TPSA) is 9.23 Å². The molecule has 1 nitrogen and oxygen atoms in total. The van der Waals surface area contributed by atoms with Gasteiger partial charge in [-0.15, -0.1) is 0 Å². The van der Waals surface area contributed by atoms with Gasteiger partial charge in [0.2, 0.25) is 0 Å². The van der Waals surface area contributed by atoms with Gasteiger partial charge in [-0.25, -0.2) is 0 Å². The predicted octanol–water partition coefficient (Wildman–Crippen LogP) is 5.10. The molecule has 98 valence electrons. The molecule has 0 N–H and O–H groups in total. The van der Waals surface area contributed by atoms with E-state index in [1.54, 1.807) is 0 Å². The lowest BCUT2D eigenvalue weighted by molar-refractivity contribution is 0.112. The Morgan fingerprint density at radius 2 is 1.95 bits per heavy atom. The van der Waals surface area contributed by atoms with Crippen LogP contribution in [0.25, 0.3) is 11.1 Å². The average Bonchev–Trinajstić information content (AvgIpc) is 3.02. The fourth-order valence-corrected chi connectivity index (χ4v) is 3.13. The Labute approximate surface area is 122 Å². The lowest BCUT2D eigenvalue weighted by Gasteiger charge is -2.14. The zero-order valence-electron chi connectivity index (χ0n) is 10.8. The molecular formula is C17H17BrO. The van der Waals surface area contributed by atoms with Gasteiger partial charge in [0, 0.05) is 11.9 Å². The smallest absolute Gasteiger partial charge is 0.0825 e. The van der Waals surface area contributed by atoms with Gasteiger partial charge in [-0.1, -0.05) is 64.5 Å². The molecule has 0 saturated carbocycles. The Morgan fingerprint density at radius 1 is 1.11 bits per heavy atom. The van der Waals surface area contributed by atoms with Crippen LogP contribution < -0.4 is 0 Å². The Kier molecular flexibility index (Phi) is 4.00. The van der Waals surface area contributed by atoms with Gasteiger partial charge in [-0.3, -0.25) is 0 Å². The molecule has 1 fully saturated rings. The summed E-state index contributed by atoms with van der Waals surface area (Å²) in [6.45, 7) is 0.898. The normalized spacial score (nSPS) is 18.7. The van der Waals surface area contributed by atoms with Gasteiger partial charge in [0.25, 0.3) is 0 Å². The maximum absolute atomic E-state index is 5.77. The molecule has 0 spiro atoms. The van der Waals surface area contributed by atoms with Crippen LogP contribution in [0.5, 0.6) is 0 Å². The van der Waals surface area contributed by atoms with Gasteiger partial charge < -0.3 is 4.74 Å². The molecule has 1 atom stereocenters. The van der Waals surface area contributed by atoms with Crippen molar-refractivity contribution in [1.82, 2.24) is 0 Å². The minimum atomic E-state index is 0.294. The molecule has 1 saturated heterocycles. The van der Waals surface area contributed by atoms with Crippen molar-refractivity contribution in [3.8, 4) is 11.1 Å². The number of rotatable bonds is 3. The van der Waals surface area contributed by atoms with E-state index in [-0.39, 0.29) is 0 Å². The number of halogens is 1. The quantitative estimate of drug-likeness (QED) is 0.716. The summed E-state index contributed by atoms with van der Waals surface area (Å²) in [5.41, 5.74) is 5.22. The zero-order chi connectivity index (χ0) is 13.1. The molecule has 1 heterocycles. The van der Waals surface area contributed by atoms with E-state index in [0.29, 0.717) is 6.10 Å². The molecule has 1 aliphatic heterocycles. The van der Waals surface area contributed by atoms with Crippen LogP contribution in [-0.4, -0.2) is 6.61 Å². The molecule has 0 bridgehead atoms. The minimum Gasteiger partial charge on any atom is -0.374 e. The second-order valence-corrected chi connectivity index (χ2v) is 5.48. The molecule has 0 aliphatic carbocycles. The number of alkyl halides is 1. The van der Waals surface area contributed by atoms with Gasteiger partial charge in [0.05, 0.1) is 6.10 Å². The molecule has 0 radical (unpaired) electrons. The van der Waals surface area contributed by atoms with Crippen molar-refractivity contribution in [3.63, 3.8) is 0 Å². The van der Waals surface area contributed by atoms with Crippen molar-refractivity contribution in [3.05, 3.63) is 59.7 Å². The molecule has 19 heavy (non-hydrogen) atoms. The predicted molar refractivity (Wildman–Crippen MR) is 82.4 cm³/mol. The Bertz CT molecular complexity index is 544. The largest absolute Gasteiger partial charge is 0.374 e. The van der Waals surface area contributed by atoms with Gasteiger partial charge in [-0.05, 0) is 35.1 Å². The third kappa shape index (κ3) is 2.75. The van der Waals surface area contributed by atoms with Crippen LogP contribution in [0.2, 0.25) is 0 Å². The molecule has 2 aromatic carbocycles. The summed E-state index contributed by atoms with van der Waals surface area (Å²) < 4.78 is 5.77. The standard InChI is InChI=1S/C17H17BrO/c18-12-15-11-14(17-7-4-10-19-17)8-9-16(15)13-5-2-1-3-6-13/h1-3,5-6,8-9,11,17H,4,7,10,12H2. The van der Waals surface area contributed by atoms with Crippen LogP contribution in [0.3, 0.4) is 0 Å². The van der Waals surface area contributed by atoms with Crippen molar-refractivity contribution in [1.29, 1.82) is 0 Å². The summed E-state index contributed by atoms with van der Waals surface area (Å²) in [5.74, 6) is 0. The van der Waals surface area contributed by atoms with Crippen LogP contribution in [-0.2, 0) is 10.1 Å². The SMILES string of the molecule is BrCc1cc(C2CCCO2)ccc1-c1ccccc1. The van der Waals surface area contributed by atoms with E-state index < -0.39 is 0 Å². The molecular weight excluding hydrogens is 300 g/mol. The van der Waals surface area contributed by atoms with Gasteiger partial charge in [0.1, 0.15) is 0 Å². The molecule has 0 amide bonds. The second-order valence-electron chi connectivity index (χ2n) is 4.92. The third-order valence-corrected chi connectivity index (χ3v) is 4.26. The van der Waals surface area contributed by atoms with E-state index >= 15 is 0 Å². The zero-order valence-corrected chi connectivity index (χ0v) is 12.4. The highest BCUT2D eigenvalue weighted by Crippen LogP contribution is 2.33. The molecule has 1 aliphatic rings. The lowest BCUT2D eigenvalue weighted by Crippen LogP contribution is -1.97. The summed E-state index contributed by atoms with van der Waals surface area (Å²) >= 11 is 3.61. The van der Waals surface area contributed by atoms with Gasteiger partial charge >= 0.3 is 0 Å². The van der Waals surface area contributed by atoms with Gasteiger partial charge in [-0.2, -0.15) is 0 Å². The summed E-state index contributed by atoms with van der Waals surface area (Å²) in [7, 11) is 0. The van der Waals surface area contributed by atoms with Crippen LogP contribution in [0, 0.1) is 0 Å². The van der Waals surface area contributed by atoms with Crippen LogP contribution in [0.1, 0.15) is 30.1 Å². The van der Waals surface area contributed by atoms with Crippen LogP contribution >= 0.6 is 15.9 Å². The van der Waals surface area contributed by atoms with Crippen molar-refractivity contribution < 1.29 is 4.74 Å². The molecule has 2 heteroatoms. The van der Waals surface area contributed by atoms with Crippen molar-refractivity contribution >= 4 is 15.9 Å². The maximum atomic E-state index is 5.77. The number of hydrogen-bond donors (Lipinski definition) is 0. The van der Waals surface area contributed by atoms with E-state index in [1.165, 1.54) is 28.7 Å². The Morgan fingerprint density at radius 3 is 2.63 bits per heavy atom. The average molecular weight is 317 g/mol. The van der Waals surface area contributed by atoms with E-state index in [4.69, 9.17) is 4.74 Å². The van der Waals surface area contributed by atoms with Crippen molar-refractivity contribution in [2.24, 2.45) is 0 Å². The second kappa shape index (κ2) is 5.89. The fourth-order valence-electron chi connectivity index (χ4n) is 2.66. The number of ether oxygens (including phenoxy) is 1. The summed E-state index contributed by atoms with van der Waals surface area (Å²) in [5, 5.41) is 0.873. The van der Waals surface area contributed by atoms with E-state index in [9.17, 15) is 0 Å². The monoisotopic (exact) mass is 316 g/mol. The Hall–Kier alpha value is -1.12. The van der Waals surface area contributed by atoms with Crippen molar-refractivity contribution in [2.75, 3.05) is 6.61 Å². The van der Waals surface area contributed by atoms with Gasteiger partial charge in [0.15, 0.2) is 0 Å². The Balaban J connectivity index is 1.98. The molecule has 2 aromatic rings. The number of hydrogen-bond acceptors (Lipinski definition) is 1.